The van der Waals surface area contributed by atoms with Crippen molar-refractivity contribution in [2.24, 2.45) is 10.9 Å². The Balaban J connectivity index is 2.34. The van der Waals surface area contributed by atoms with Crippen LogP contribution in [0.15, 0.2) is 4.99 Å². The number of hydrogen-bond acceptors (Lipinski definition) is 2. The Morgan fingerprint density at radius 2 is 1.95 bits per heavy atom. The highest BCUT2D eigenvalue weighted by Gasteiger charge is 2.16. The van der Waals surface area contributed by atoms with E-state index in [2.05, 4.69) is 43.4 Å². The van der Waals surface area contributed by atoms with Crippen molar-refractivity contribution in [2.45, 2.75) is 65.3 Å². The predicted octanol–water partition coefficient (Wildman–Crippen LogP) is 2.85. The summed E-state index contributed by atoms with van der Waals surface area (Å²) >= 11 is 0. The Hall–Kier alpha value is -0.770. The molecule has 1 atom stereocenters. The first-order chi connectivity index (χ1) is 10.2. The van der Waals surface area contributed by atoms with Gasteiger partial charge in [0, 0.05) is 19.1 Å². The molecule has 1 rings (SSSR count). The van der Waals surface area contributed by atoms with Gasteiger partial charge in [0.05, 0.1) is 0 Å². The lowest BCUT2D eigenvalue weighted by Crippen LogP contribution is -2.42. The maximum atomic E-state index is 4.81. The Morgan fingerprint density at radius 1 is 1.24 bits per heavy atom. The van der Waals surface area contributed by atoms with Crippen LogP contribution >= 0.6 is 0 Å². The molecule has 0 amide bonds. The minimum absolute atomic E-state index is 0.506. The molecule has 2 N–H and O–H groups in total. The number of nitrogens with one attached hydrogen (secondary N) is 2. The largest absolute Gasteiger partial charge is 0.357 e. The van der Waals surface area contributed by atoms with Gasteiger partial charge in [0.25, 0.3) is 0 Å². The zero-order valence-corrected chi connectivity index (χ0v) is 14.6. The Morgan fingerprint density at radius 3 is 2.57 bits per heavy atom. The monoisotopic (exact) mass is 296 g/mol. The van der Waals surface area contributed by atoms with E-state index in [4.69, 9.17) is 4.99 Å². The van der Waals surface area contributed by atoms with Crippen molar-refractivity contribution in [1.82, 2.24) is 15.5 Å². The fraction of sp³-hybridized carbons (Fsp3) is 0.941. The molecule has 1 aliphatic rings. The molecule has 1 fully saturated rings. The Labute approximate surface area is 131 Å². The molecule has 0 saturated carbocycles. The molecule has 1 unspecified atom stereocenters. The normalized spacial score (nSPS) is 19.5. The minimum Gasteiger partial charge on any atom is -0.357 e. The van der Waals surface area contributed by atoms with Crippen molar-refractivity contribution in [3.8, 4) is 0 Å². The molecule has 0 aromatic carbocycles. The summed E-state index contributed by atoms with van der Waals surface area (Å²) in [6.45, 7) is 11.0. The number of piperidine rings is 1. The highest BCUT2D eigenvalue weighted by molar-refractivity contribution is 5.80. The second-order valence-electron chi connectivity index (χ2n) is 6.51. The molecule has 124 valence electrons. The lowest BCUT2D eigenvalue weighted by Gasteiger charge is -2.28. The van der Waals surface area contributed by atoms with E-state index in [1.165, 1.54) is 51.6 Å². The Bertz CT molecular complexity index is 283. The van der Waals surface area contributed by atoms with Crippen LogP contribution in [0.5, 0.6) is 0 Å². The second-order valence-corrected chi connectivity index (χ2v) is 6.51. The van der Waals surface area contributed by atoms with Crippen LogP contribution in [-0.2, 0) is 0 Å². The summed E-state index contributed by atoms with van der Waals surface area (Å²) in [6, 6.07) is 0.506. The minimum atomic E-state index is 0.506. The van der Waals surface area contributed by atoms with Crippen LogP contribution in [0, 0.1) is 5.92 Å². The molecular weight excluding hydrogens is 260 g/mol. The molecule has 1 saturated heterocycles. The Kier molecular flexibility index (Phi) is 9.48. The van der Waals surface area contributed by atoms with E-state index in [0.29, 0.717) is 6.04 Å². The standard InChI is InChI=1S/C17H36N4/c1-5-7-8-9-15(3)20-17(18-6-2)19-14-16-10-12-21(4)13-11-16/h15-16H,5-14H2,1-4H3,(H2,18,19,20). The van der Waals surface area contributed by atoms with E-state index in [1.807, 2.05) is 0 Å². The molecule has 1 aliphatic heterocycles. The number of nitrogens with zero attached hydrogens (tertiary/aromatic N) is 2. The smallest absolute Gasteiger partial charge is 0.191 e. The van der Waals surface area contributed by atoms with Crippen molar-refractivity contribution in [1.29, 1.82) is 0 Å². The van der Waals surface area contributed by atoms with Gasteiger partial charge in [-0.3, -0.25) is 4.99 Å². The van der Waals surface area contributed by atoms with Crippen molar-refractivity contribution in [3.05, 3.63) is 0 Å². The molecule has 4 heteroatoms. The highest BCUT2D eigenvalue weighted by Crippen LogP contribution is 2.15. The third-order valence-corrected chi connectivity index (χ3v) is 4.31. The van der Waals surface area contributed by atoms with Gasteiger partial charge in [-0.2, -0.15) is 0 Å². The number of hydrogen-bond donors (Lipinski definition) is 2. The molecular formula is C17H36N4. The van der Waals surface area contributed by atoms with E-state index < -0.39 is 0 Å². The van der Waals surface area contributed by atoms with Crippen LogP contribution in [-0.4, -0.2) is 50.1 Å². The van der Waals surface area contributed by atoms with Crippen LogP contribution in [0.4, 0.5) is 0 Å². The van der Waals surface area contributed by atoms with Crippen molar-refractivity contribution < 1.29 is 0 Å². The quantitative estimate of drug-likeness (QED) is 0.411. The molecule has 21 heavy (non-hydrogen) atoms. The highest BCUT2D eigenvalue weighted by atomic mass is 15.2. The molecule has 0 aromatic rings. The third-order valence-electron chi connectivity index (χ3n) is 4.31. The maximum absolute atomic E-state index is 4.81. The zero-order valence-electron chi connectivity index (χ0n) is 14.6. The van der Waals surface area contributed by atoms with Gasteiger partial charge in [0.15, 0.2) is 5.96 Å². The summed E-state index contributed by atoms with van der Waals surface area (Å²) in [7, 11) is 2.21. The van der Waals surface area contributed by atoms with Crippen molar-refractivity contribution >= 4 is 5.96 Å². The summed E-state index contributed by atoms with van der Waals surface area (Å²) in [4.78, 5) is 7.22. The first kappa shape index (κ1) is 18.3. The topological polar surface area (TPSA) is 39.7 Å². The summed E-state index contributed by atoms with van der Waals surface area (Å²) < 4.78 is 0. The molecule has 0 aliphatic carbocycles. The van der Waals surface area contributed by atoms with Crippen LogP contribution in [0.3, 0.4) is 0 Å². The van der Waals surface area contributed by atoms with E-state index in [0.717, 1.165) is 25.0 Å². The van der Waals surface area contributed by atoms with E-state index in [9.17, 15) is 0 Å². The molecule has 0 aromatic heterocycles. The first-order valence-corrected chi connectivity index (χ1v) is 8.89. The van der Waals surface area contributed by atoms with Crippen LogP contribution in [0.2, 0.25) is 0 Å². The second kappa shape index (κ2) is 10.9. The fourth-order valence-electron chi connectivity index (χ4n) is 2.79. The molecule has 1 heterocycles. The summed E-state index contributed by atoms with van der Waals surface area (Å²) in [5.41, 5.74) is 0. The summed E-state index contributed by atoms with van der Waals surface area (Å²) in [6.07, 6.45) is 7.72. The van der Waals surface area contributed by atoms with Crippen LogP contribution < -0.4 is 10.6 Å². The molecule has 0 radical (unpaired) electrons. The van der Waals surface area contributed by atoms with Crippen molar-refractivity contribution in [3.63, 3.8) is 0 Å². The first-order valence-electron chi connectivity index (χ1n) is 8.89. The maximum Gasteiger partial charge on any atom is 0.191 e. The number of aliphatic imine (C=N–C) groups is 1. The fourth-order valence-corrected chi connectivity index (χ4v) is 2.79. The summed E-state index contributed by atoms with van der Waals surface area (Å²) in [5, 5.41) is 6.93. The van der Waals surface area contributed by atoms with Gasteiger partial charge in [-0.25, -0.2) is 0 Å². The van der Waals surface area contributed by atoms with Gasteiger partial charge in [0.1, 0.15) is 0 Å². The lowest BCUT2D eigenvalue weighted by atomic mass is 9.97. The van der Waals surface area contributed by atoms with E-state index >= 15 is 0 Å². The zero-order chi connectivity index (χ0) is 15.5. The molecule has 0 spiro atoms. The van der Waals surface area contributed by atoms with Gasteiger partial charge in [-0.05, 0) is 59.2 Å². The van der Waals surface area contributed by atoms with E-state index in [1.54, 1.807) is 0 Å². The lowest BCUT2D eigenvalue weighted by molar-refractivity contribution is 0.223. The number of guanidine groups is 1. The van der Waals surface area contributed by atoms with Gasteiger partial charge >= 0.3 is 0 Å². The van der Waals surface area contributed by atoms with Gasteiger partial charge < -0.3 is 15.5 Å². The third kappa shape index (κ3) is 8.30. The average Bonchev–Trinajstić information content (AvgIpc) is 2.47. The summed E-state index contributed by atoms with van der Waals surface area (Å²) in [5.74, 6) is 1.76. The van der Waals surface area contributed by atoms with Gasteiger partial charge in [-0.1, -0.05) is 26.2 Å². The van der Waals surface area contributed by atoms with E-state index in [-0.39, 0.29) is 0 Å². The van der Waals surface area contributed by atoms with Crippen LogP contribution in [0.25, 0.3) is 0 Å². The number of likely N-dealkylation sites (tertiary alicyclic amines) is 1. The SMILES string of the molecule is CCCCCC(C)NC(=NCC1CCN(C)CC1)NCC. The molecule has 4 nitrogen and oxygen atoms in total. The van der Waals surface area contributed by atoms with Crippen molar-refractivity contribution in [2.75, 3.05) is 33.2 Å². The van der Waals surface area contributed by atoms with Crippen LogP contribution in [0.1, 0.15) is 59.3 Å². The molecule has 0 bridgehead atoms. The number of rotatable bonds is 8. The van der Waals surface area contributed by atoms with Gasteiger partial charge in [0.2, 0.25) is 0 Å². The average molecular weight is 297 g/mol. The predicted molar refractivity (Wildman–Crippen MR) is 92.9 cm³/mol. The number of unbranched alkanes of at least 4 members (excludes halogenated alkanes) is 2. The van der Waals surface area contributed by atoms with Gasteiger partial charge in [-0.15, -0.1) is 0 Å².